The number of hydrogen-bond acceptors (Lipinski definition) is 4. The average Bonchev–Trinajstić information content (AvgIpc) is 3.38. The van der Waals surface area contributed by atoms with Gasteiger partial charge >= 0.3 is 0 Å². The number of aromatic nitrogens is 4. The minimum absolute atomic E-state index is 0.203. The lowest BCUT2D eigenvalue weighted by molar-refractivity contribution is 0.102. The van der Waals surface area contributed by atoms with E-state index in [0.29, 0.717) is 17.2 Å². The van der Waals surface area contributed by atoms with E-state index in [1.54, 1.807) is 24.5 Å². The standard InChI is InChI=1S/C18H17N5O/c1-12-9-16(13-4-5-13)23(22-12)17-7-6-15(11-20-17)21-18(24)14-3-2-8-19-10-14/h2-3,6-11,13H,4-5H2,1H3,(H,21,24). The quantitative estimate of drug-likeness (QED) is 0.802. The number of amides is 1. The fourth-order valence-corrected chi connectivity index (χ4v) is 2.66. The zero-order valence-corrected chi connectivity index (χ0v) is 13.3. The van der Waals surface area contributed by atoms with Crippen LogP contribution in [0.5, 0.6) is 0 Å². The highest BCUT2D eigenvalue weighted by atomic mass is 16.1. The van der Waals surface area contributed by atoms with Gasteiger partial charge in [-0.1, -0.05) is 0 Å². The van der Waals surface area contributed by atoms with Crippen LogP contribution in [0.15, 0.2) is 48.9 Å². The van der Waals surface area contributed by atoms with Crippen molar-refractivity contribution in [3.05, 3.63) is 65.9 Å². The van der Waals surface area contributed by atoms with Gasteiger partial charge in [-0.3, -0.25) is 9.78 Å². The molecular formula is C18H17N5O. The fraction of sp³-hybridized carbons (Fsp3) is 0.222. The summed E-state index contributed by atoms with van der Waals surface area (Å²) in [6, 6.07) is 9.28. The number of pyridine rings is 2. The molecule has 1 N–H and O–H groups in total. The predicted molar refractivity (Wildman–Crippen MR) is 90.3 cm³/mol. The molecule has 1 aliphatic rings. The number of rotatable bonds is 4. The van der Waals surface area contributed by atoms with E-state index in [4.69, 9.17) is 0 Å². The summed E-state index contributed by atoms with van der Waals surface area (Å²) >= 11 is 0. The molecule has 0 saturated heterocycles. The first-order valence-electron chi connectivity index (χ1n) is 7.95. The summed E-state index contributed by atoms with van der Waals surface area (Å²) < 4.78 is 1.90. The van der Waals surface area contributed by atoms with Crippen molar-refractivity contribution in [3.63, 3.8) is 0 Å². The van der Waals surface area contributed by atoms with E-state index in [1.807, 2.05) is 23.7 Å². The third-order valence-corrected chi connectivity index (χ3v) is 4.00. The Kier molecular flexibility index (Phi) is 3.57. The van der Waals surface area contributed by atoms with E-state index in [1.165, 1.54) is 24.7 Å². The first-order chi connectivity index (χ1) is 11.7. The van der Waals surface area contributed by atoms with E-state index in [9.17, 15) is 4.79 Å². The molecule has 6 nitrogen and oxygen atoms in total. The second kappa shape index (κ2) is 5.88. The van der Waals surface area contributed by atoms with Crippen molar-refractivity contribution < 1.29 is 4.79 Å². The Morgan fingerprint density at radius 3 is 2.79 bits per heavy atom. The summed E-state index contributed by atoms with van der Waals surface area (Å²) in [4.78, 5) is 20.5. The topological polar surface area (TPSA) is 72.7 Å². The highest BCUT2D eigenvalue weighted by molar-refractivity contribution is 6.03. The zero-order chi connectivity index (χ0) is 16.5. The molecule has 120 valence electrons. The molecule has 0 radical (unpaired) electrons. The Morgan fingerprint density at radius 1 is 1.25 bits per heavy atom. The summed E-state index contributed by atoms with van der Waals surface area (Å²) in [7, 11) is 0. The van der Waals surface area contributed by atoms with Gasteiger partial charge in [0.1, 0.15) is 0 Å². The largest absolute Gasteiger partial charge is 0.321 e. The molecule has 0 bridgehead atoms. The summed E-state index contributed by atoms with van der Waals surface area (Å²) in [5.41, 5.74) is 3.37. The molecule has 0 aromatic carbocycles. The molecule has 0 spiro atoms. The van der Waals surface area contributed by atoms with Crippen LogP contribution < -0.4 is 5.32 Å². The van der Waals surface area contributed by atoms with Crippen LogP contribution in [0.3, 0.4) is 0 Å². The van der Waals surface area contributed by atoms with Gasteiger partial charge in [-0.2, -0.15) is 5.10 Å². The lowest BCUT2D eigenvalue weighted by Gasteiger charge is -2.08. The van der Waals surface area contributed by atoms with Crippen LogP contribution in [0, 0.1) is 6.92 Å². The molecular weight excluding hydrogens is 302 g/mol. The van der Waals surface area contributed by atoms with E-state index in [0.717, 1.165) is 11.5 Å². The predicted octanol–water partition coefficient (Wildman–Crippen LogP) is 3.10. The number of carbonyl (C=O) groups is 1. The van der Waals surface area contributed by atoms with Crippen molar-refractivity contribution in [2.24, 2.45) is 0 Å². The highest BCUT2D eigenvalue weighted by Crippen LogP contribution is 2.40. The van der Waals surface area contributed by atoms with Gasteiger partial charge < -0.3 is 5.32 Å². The third-order valence-electron chi connectivity index (χ3n) is 4.00. The van der Waals surface area contributed by atoms with Gasteiger partial charge in [0.2, 0.25) is 0 Å². The van der Waals surface area contributed by atoms with Crippen LogP contribution in [-0.2, 0) is 0 Å². The van der Waals surface area contributed by atoms with Crippen molar-refractivity contribution in [1.82, 2.24) is 19.7 Å². The van der Waals surface area contributed by atoms with Crippen LogP contribution in [-0.4, -0.2) is 25.7 Å². The molecule has 1 aliphatic carbocycles. The van der Waals surface area contributed by atoms with Crippen molar-refractivity contribution in [2.75, 3.05) is 5.32 Å². The van der Waals surface area contributed by atoms with E-state index in [2.05, 4.69) is 26.4 Å². The van der Waals surface area contributed by atoms with Crippen molar-refractivity contribution >= 4 is 11.6 Å². The van der Waals surface area contributed by atoms with Crippen LogP contribution in [0.2, 0.25) is 0 Å². The molecule has 3 aromatic rings. The Bertz CT molecular complexity index is 866. The number of aryl methyl sites for hydroxylation is 1. The summed E-state index contributed by atoms with van der Waals surface area (Å²) in [6.45, 7) is 1.99. The Morgan fingerprint density at radius 2 is 2.12 bits per heavy atom. The first-order valence-corrected chi connectivity index (χ1v) is 7.95. The monoisotopic (exact) mass is 319 g/mol. The summed E-state index contributed by atoms with van der Waals surface area (Å²) in [6.07, 6.45) is 7.24. The smallest absolute Gasteiger partial charge is 0.257 e. The number of anilines is 1. The maximum atomic E-state index is 12.1. The van der Waals surface area contributed by atoms with E-state index >= 15 is 0 Å². The summed E-state index contributed by atoms with van der Waals surface area (Å²) in [5, 5.41) is 7.36. The second-order valence-electron chi connectivity index (χ2n) is 6.00. The van der Waals surface area contributed by atoms with Crippen molar-refractivity contribution in [2.45, 2.75) is 25.7 Å². The number of nitrogens with one attached hydrogen (secondary N) is 1. The zero-order valence-electron chi connectivity index (χ0n) is 13.3. The highest BCUT2D eigenvalue weighted by Gasteiger charge is 2.28. The summed E-state index contributed by atoms with van der Waals surface area (Å²) in [5.74, 6) is 1.16. The van der Waals surface area contributed by atoms with Crippen LogP contribution >= 0.6 is 0 Å². The van der Waals surface area contributed by atoms with E-state index in [-0.39, 0.29) is 5.91 Å². The number of carbonyl (C=O) groups excluding carboxylic acids is 1. The molecule has 0 aliphatic heterocycles. The Hall–Kier alpha value is -3.02. The molecule has 1 amide bonds. The molecule has 0 atom stereocenters. The second-order valence-corrected chi connectivity index (χ2v) is 6.00. The molecule has 1 saturated carbocycles. The molecule has 1 fully saturated rings. The van der Waals surface area contributed by atoms with Crippen LogP contribution in [0.4, 0.5) is 5.69 Å². The van der Waals surface area contributed by atoms with Crippen molar-refractivity contribution in [3.8, 4) is 5.82 Å². The SMILES string of the molecule is Cc1cc(C2CC2)n(-c2ccc(NC(=O)c3cccnc3)cn2)n1. The number of nitrogens with zero attached hydrogens (tertiary/aromatic N) is 4. The Labute approximate surface area is 139 Å². The minimum atomic E-state index is -0.203. The average molecular weight is 319 g/mol. The molecule has 4 rings (SSSR count). The molecule has 0 unspecified atom stereocenters. The lowest BCUT2D eigenvalue weighted by Crippen LogP contribution is -2.12. The van der Waals surface area contributed by atoms with Gasteiger partial charge in [0.05, 0.1) is 23.1 Å². The van der Waals surface area contributed by atoms with Crippen LogP contribution in [0.25, 0.3) is 5.82 Å². The van der Waals surface area contributed by atoms with Gasteiger partial charge in [-0.05, 0) is 50.1 Å². The van der Waals surface area contributed by atoms with Gasteiger partial charge in [0, 0.05) is 24.0 Å². The third kappa shape index (κ3) is 2.90. The fourth-order valence-electron chi connectivity index (χ4n) is 2.66. The lowest BCUT2D eigenvalue weighted by atomic mass is 10.2. The van der Waals surface area contributed by atoms with Crippen LogP contribution in [0.1, 0.15) is 40.5 Å². The van der Waals surface area contributed by atoms with Gasteiger partial charge in [-0.15, -0.1) is 0 Å². The molecule has 3 aromatic heterocycles. The minimum Gasteiger partial charge on any atom is -0.321 e. The van der Waals surface area contributed by atoms with E-state index < -0.39 is 0 Å². The maximum Gasteiger partial charge on any atom is 0.257 e. The van der Waals surface area contributed by atoms with Gasteiger partial charge in [0.15, 0.2) is 5.82 Å². The molecule has 3 heterocycles. The van der Waals surface area contributed by atoms with Gasteiger partial charge in [0.25, 0.3) is 5.91 Å². The molecule has 6 heteroatoms. The number of hydrogen-bond donors (Lipinski definition) is 1. The van der Waals surface area contributed by atoms with Gasteiger partial charge in [-0.25, -0.2) is 9.67 Å². The maximum absolute atomic E-state index is 12.1. The normalized spacial score (nSPS) is 13.7. The van der Waals surface area contributed by atoms with Crippen molar-refractivity contribution in [1.29, 1.82) is 0 Å². The first kappa shape index (κ1) is 14.6. The Balaban J connectivity index is 1.54. The molecule has 24 heavy (non-hydrogen) atoms.